The van der Waals surface area contributed by atoms with E-state index in [1.54, 1.807) is 42.7 Å². The van der Waals surface area contributed by atoms with Crippen LogP contribution in [0.4, 0.5) is 0 Å². The Hall–Kier alpha value is 0.194. The van der Waals surface area contributed by atoms with Gasteiger partial charge in [0, 0.05) is 54.7 Å². The van der Waals surface area contributed by atoms with Gasteiger partial charge in [0.05, 0.1) is 0 Å². The van der Waals surface area contributed by atoms with Crippen molar-refractivity contribution in [2.75, 3.05) is 42.7 Å². The minimum Gasteiger partial charge on any atom is -0.377 e. The first-order chi connectivity index (χ1) is 11.7. The summed E-state index contributed by atoms with van der Waals surface area (Å²) in [5.74, 6) is 0.573. The first-order valence-corrected chi connectivity index (χ1v) is 12.9. The van der Waals surface area contributed by atoms with Crippen molar-refractivity contribution in [2.24, 2.45) is 11.3 Å². The zero-order valence-corrected chi connectivity index (χ0v) is 19.8. The molecule has 0 spiro atoms. The molecule has 1 atom stereocenters. The lowest BCUT2D eigenvalue weighted by Crippen LogP contribution is -2.43. The van der Waals surface area contributed by atoms with Crippen molar-refractivity contribution < 1.29 is 26.6 Å². The fraction of sp³-hybridized carbons (Fsp3) is 1.00. The van der Waals surface area contributed by atoms with Gasteiger partial charge in [-0.2, -0.15) is 0 Å². The lowest BCUT2D eigenvalue weighted by atomic mass is 9.76. The minimum absolute atomic E-state index is 0.230. The average Bonchev–Trinajstić information content (AvgIpc) is 2.61. The molecule has 0 fully saturated rings. The van der Waals surface area contributed by atoms with Gasteiger partial charge in [0.2, 0.25) is 0 Å². The molecule has 0 aromatic heterocycles. The smallest absolute Gasteiger partial charge is 0.377 e. The highest BCUT2D eigenvalue weighted by Gasteiger charge is 2.40. The summed E-state index contributed by atoms with van der Waals surface area (Å²) in [6, 6.07) is 1.69. The largest absolute Gasteiger partial charge is 0.500 e. The summed E-state index contributed by atoms with van der Waals surface area (Å²) in [4.78, 5) is 0. The molecule has 0 aromatic carbocycles. The van der Waals surface area contributed by atoms with Crippen LogP contribution in [0.3, 0.4) is 0 Å². The van der Waals surface area contributed by atoms with Crippen LogP contribution >= 0.6 is 0 Å². The molecule has 8 heteroatoms. The zero-order chi connectivity index (χ0) is 19.6. The van der Waals surface area contributed by atoms with Crippen LogP contribution in [-0.2, 0) is 26.6 Å². The van der Waals surface area contributed by atoms with Crippen molar-refractivity contribution in [3.05, 3.63) is 0 Å². The van der Waals surface area contributed by atoms with Crippen molar-refractivity contribution in [1.29, 1.82) is 0 Å². The van der Waals surface area contributed by atoms with Gasteiger partial charge in [-0.3, -0.25) is 0 Å². The molecule has 1 unspecified atom stereocenters. The number of unbranched alkanes of at least 4 members (excludes halogenated alkanes) is 1. The third-order valence-corrected chi connectivity index (χ3v) is 10.8. The first-order valence-electron chi connectivity index (χ1n) is 8.99. The van der Waals surface area contributed by atoms with Gasteiger partial charge in [-0.15, -0.1) is 0 Å². The lowest BCUT2D eigenvalue weighted by molar-refractivity contribution is 0.115. The number of hydrogen-bond donors (Lipinski definition) is 0. The van der Waals surface area contributed by atoms with E-state index < -0.39 is 17.6 Å². The predicted molar refractivity (Wildman–Crippen MR) is 105 cm³/mol. The van der Waals surface area contributed by atoms with Crippen LogP contribution in [0, 0.1) is 11.3 Å². The molecule has 0 bridgehead atoms. The molecule has 0 saturated carbocycles. The molecule has 0 aromatic rings. The summed E-state index contributed by atoms with van der Waals surface area (Å²) >= 11 is 0. The van der Waals surface area contributed by atoms with Crippen LogP contribution in [0.2, 0.25) is 12.1 Å². The third-order valence-electron chi connectivity index (χ3n) is 5.18. The maximum atomic E-state index is 5.56. The van der Waals surface area contributed by atoms with Gasteiger partial charge >= 0.3 is 17.6 Å². The number of hydrogen-bond acceptors (Lipinski definition) is 6. The van der Waals surface area contributed by atoms with Crippen molar-refractivity contribution in [2.45, 2.75) is 58.5 Å². The van der Waals surface area contributed by atoms with Crippen LogP contribution in [0.5, 0.6) is 0 Å². The van der Waals surface area contributed by atoms with Gasteiger partial charge < -0.3 is 26.6 Å². The van der Waals surface area contributed by atoms with Crippen LogP contribution < -0.4 is 0 Å². The Labute approximate surface area is 157 Å². The maximum absolute atomic E-state index is 5.56. The van der Waals surface area contributed by atoms with Crippen LogP contribution in [0.15, 0.2) is 0 Å². The average molecular weight is 397 g/mol. The molecule has 0 rings (SSSR count). The Balaban J connectivity index is 4.62. The molecule has 0 N–H and O–H groups in total. The standard InChI is InChI=1S/C17H40O6Si2/c1-17(2,3)16(13-15-25(21-7,22-8)23-9)12-10-11-14-24(18-4,19-5)20-6/h16H,10-15H2,1-9H3. The van der Waals surface area contributed by atoms with Gasteiger partial charge in [-0.25, -0.2) is 0 Å². The highest BCUT2D eigenvalue weighted by Crippen LogP contribution is 2.36. The van der Waals surface area contributed by atoms with E-state index in [1.165, 1.54) is 0 Å². The fourth-order valence-electron chi connectivity index (χ4n) is 3.21. The van der Waals surface area contributed by atoms with Crippen molar-refractivity contribution in [3.8, 4) is 0 Å². The van der Waals surface area contributed by atoms with Gasteiger partial charge in [0.1, 0.15) is 0 Å². The van der Waals surface area contributed by atoms with Gasteiger partial charge in [0.15, 0.2) is 0 Å². The summed E-state index contributed by atoms with van der Waals surface area (Å²) in [5, 5.41) is 0. The molecule has 0 heterocycles. The molecule has 152 valence electrons. The molecular formula is C17H40O6Si2. The lowest BCUT2D eigenvalue weighted by Gasteiger charge is -2.33. The van der Waals surface area contributed by atoms with Gasteiger partial charge in [-0.1, -0.05) is 27.2 Å². The maximum Gasteiger partial charge on any atom is 0.500 e. The summed E-state index contributed by atoms with van der Waals surface area (Å²) in [6.45, 7) is 6.89. The topological polar surface area (TPSA) is 55.4 Å². The molecule has 0 aliphatic rings. The van der Waals surface area contributed by atoms with E-state index in [1.807, 2.05) is 0 Å². The fourth-order valence-corrected chi connectivity index (χ4v) is 6.82. The second-order valence-corrected chi connectivity index (χ2v) is 13.6. The van der Waals surface area contributed by atoms with Gasteiger partial charge in [-0.05, 0) is 30.6 Å². The van der Waals surface area contributed by atoms with E-state index in [0.717, 1.165) is 37.8 Å². The summed E-state index contributed by atoms with van der Waals surface area (Å²) in [7, 11) is 5.07. The Bertz CT molecular complexity index is 324. The summed E-state index contributed by atoms with van der Waals surface area (Å²) in [6.07, 6.45) is 4.34. The quantitative estimate of drug-likeness (QED) is 0.327. The second kappa shape index (κ2) is 11.8. The van der Waals surface area contributed by atoms with E-state index in [-0.39, 0.29) is 5.41 Å². The van der Waals surface area contributed by atoms with Crippen LogP contribution in [0.1, 0.15) is 46.5 Å². The normalized spacial score (nSPS) is 14.8. The van der Waals surface area contributed by atoms with Crippen LogP contribution in [-0.4, -0.2) is 60.3 Å². The van der Waals surface area contributed by atoms with Crippen molar-refractivity contribution in [1.82, 2.24) is 0 Å². The number of rotatable bonds is 14. The molecule has 0 saturated heterocycles. The Morgan fingerprint density at radius 2 is 1.00 bits per heavy atom. The highest BCUT2D eigenvalue weighted by molar-refractivity contribution is 6.60. The van der Waals surface area contributed by atoms with E-state index in [2.05, 4.69) is 20.8 Å². The van der Waals surface area contributed by atoms with E-state index in [9.17, 15) is 0 Å². The Morgan fingerprint density at radius 3 is 1.36 bits per heavy atom. The molecule has 0 aliphatic heterocycles. The molecular weight excluding hydrogens is 356 g/mol. The molecule has 0 radical (unpaired) electrons. The first kappa shape index (κ1) is 25.2. The SMILES string of the molecule is CO[Si](CCCCC(CC[Si](OC)(OC)OC)C(C)(C)C)(OC)OC. The van der Waals surface area contributed by atoms with Crippen molar-refractivity contribution >= 4 is 17.6 Å². The highest BCUT2D eigenvalue weighted by atomic mass is 28.4. The minimum atomic E-state index is -2.51. The van der Waals surface area contributed by atoms with E-state index in [4.69, 9.17) is 26.6 Å². The molecule has 25 heavy (non-hydrogen) atoms. The third kappa shape index (κ3) is 8.17. The molecule has 0 amide bonds. The molecule has 6 nitrogen and oxygen atoms in total. The predicted octanol–water partition coefficient (Wildman–Crippen LogP) is 3.97. The van der Waals surface area contributed by atoms with Gasteiger partial charge in [0.25, 0.3) is 0 Å². The second-order valence-electron chi connectivity index (χ2n) is 7.44. The van der Waals surface area contributed by atoms with Crippen LogP contribution in [0.25, 0.3) is 0 Å². The van der Waals surface area contributed by atoms with E-state index in [0.29, 0.717) is 5.92 Å². The monoisotopic (exact) mass is 396 g/mol. The van der Waals surface area contributed by atoms with E-state index >= 15 is 0 Å². The molecule has 0 aliphatic carbocycles. The summed E-state index contributed by atoms with van der Waals surface area (Å²) < 4.78 is 33.2. The zero-order valence-electron chi connectivity index (χ0n) is 17.8. The summed E-state index contributed by atoms with van der Waals surface area (Å²) in [5.41, 5.74) is 0.230. The Morgan fingerprint density at radius 1 is 0.600 bits per heavy atom. The Kier molecular flexibility index (Phi) is 11.9. The van der Waals surface area contributed by atoms with Crippen molar-refractivity contribution in [3.63, 3.8) is 0 Å².